The molecule has 0 aromatic carbocycles. The van der Waals surface area contributed by atoms with Gasteiger partial charge in [0.1, 0.15) is 0 Å². The van der Waals surface area contributed by atoms with E-state index in [1.807, 2.05) is 0 Å². The minimum absolute atomic E-state index is 0.213. The summed E-state index contributed by atoms with van der Waals surface area (Å²) in [6.45, 7) is 1.47. The van der Waals surface area contributed by atoms with E-state index in [2.05, 4.69) is 10.2 Å². The molecule has 0 saturated carbocycles. The second-order valence-corrected chi connectivity index (χ2v) is 1.45. The molecule has 0 radical (unpaired) electrons. The topological polar surface area (TPSA) is 62.0 Å². The van der Waals surface area contributed by atoms with E-state index in [1.54, 1.807) is 0 Å². The summed E-state index contributed by atoms with van der Waals surface area (Å²) in [6, 6.07) is 0. The van der Waals surface area contributed by atoms with Gasteiger partial charge in [0.25, 0.3) is 5.91 Å². The van der Waals surface area contributed by atoms with E-state index in [4.69, 9.17) is 5.11 Å². The zero-order chi connectivity index (χ0) is 6.15. The van der Waals surface area contributed by atoms with Crippen LogP contribution >= 0.6 is 0 Å². The number of aliphatic hydroxyl groups excluding tert-OH is 1. The van der Waals surface area contributed by atoms with Crippen LogP contribution in [0.4, 0.5) is 0 Å². The van der Waals surface area contributed by atoms with E-state index in [0.717, 1.165) is 0 Å². The average Bonchev–Trinajstić information content (AvgIpc) is 1.98. The second kappa shape index (κ2) is 1.40. The summed E-state index contributed by atoms with van der Waals surface area (Å²) in [5, 5.41) is 14.7. The van der Waals surface area contributed by atoms with Crippen LogP contribution in [0, 0.1) is 0 Å². The number of hydrogen-bond acceptors (Lipinski definition) is 3. The van der Waals surface area contributed by atoms with Crippen LogP contribution in [0.15, 0.2) is 21.7 Å². The van der Waals surface area contributed by atoms with E-state index >= 15 is 0 Å². The molecule has 0 aliphatic carbocycles. The maximum Gasteiger partial charge on any atom is 0.296 e. The van der Waals surface area contributed by atoms with Gasteiger partial charge in [0.05, 0.1) is 5.57 Å². The first-order valence-electron chi connectivity index (χ1n) is 2.07. The Kier molecular flexibility index (Phi) is 0.865. The van der Waals surface area contributed by atoms with Crippen molar-refractivity contribution >= 4 is 5.91 Å². The molecular weight excluding hydrogens is 108 g/mol. The molecule has 4 heteroatoms. The van der Waals surface area contributed by atoms with Gasteiger partial charge in [0, 0.05) is 0 Å². The maximum absolute atomic E-state index is 10.3. The third-order valence-corrected chi connectivity index (χ3v) is 0.892. The third-order valence-electron chi connectivity index (χ3n) is 0.892. The molecule has 1 rings (SSSR count). The molecule has 8 heavy (non-hydrogen) atoms. The average molecular weight is 112 g/mol. The van der Waals surface area contributed by atoms with Crippen molar-refractivity contribution in [2.75, 3.05) is 0 Å². The van der Waals surface area contributed by atoms with Crippen molar-refractivity contribution in [1.82, 2.24) is 0 Å². The molecule has 0 bridgehead atoms. The van der Waals surface area contributed by atoms with Gasteiger partial charge in [-0.1, -0.05) is 0 Å². The number of carbonyl (C=O) groups excluding carboxylic acids is 1. The molecule has 0 aromatic heterocycles. The van der Waals surface area contributed by atoms with Crippen LogP contribution in [0.5, 0.6) is 0 Å². The second-order valence-electron chi connectivity index (χ2n) is 1.45. The lowest BCUT2D eigenvalue weighted by molar-refractivity contribution is -0.114. The highest BCUT2D eigenvalue weighted by molar-refractivity contribution is 5.95. The number of amides is 1. The first-order valence-corrected chi connectivity index (χ1v) is 2.07. The van der Waals surface area contributed by atoms with Crippen LogP contribution in [0.25, 0.3) is 0 Å². The van der Waals surface area contributed by atoms with Crippen LogP contribution in [0.3, 0.4) is 0 Å². The molecule has 42 valence electrons. The third kappa shape index (κ3) is 0.501. The van der Waals surface area contributed by atoms with Crippen molar-refractivity contribution in [2.45, 2.75) is 6.92 Å². The van der Waals surface area contributed by atoms with E-state index in [9.17, 15) is 4.79 Å². The van der Waals surface area contributed by atoms with Gasteiger partial charge < -0.3 is 5.11 Å². The monoisotopic (exact) mass is 112 g/mol. The fourth-order valence-electron chi connectivity index (χ4n) is 0.338. The summed E-state index contributed by atoms with van der Waals surface area (Å²) in [6.07, 6.45) is 0. The molecule has 1 N–H and O–H groups in total. The summed E-state index contributed by atoms with van der Waals surface area (Å²) < 4.78 is 0. The van der Waals surface area contributed by atoms with Gasteiger partial charge >= 0.3 is 0 Å². The molecule has 1 aliphatic heterocycles. The lowest BCUT2D eigenvalue weighted by Gasteiger charge is -1.80. The zero-order valence-corrected chi connectivity index (χ0v) is 4.25. The first kappa shape index (κ1) is 4.96. The van der Waals surface area contributed by atoms with Crippen LogP contribution < -0.4 is 0 Å². The number of nitrogens with zero attached hydrogens (tertiary/aromatic N) is 2. The summed E-state index contributed by atoms with van der Waals surface area (Å²) in [7, 11) is 0. The largest absolute Gasteiger partial charge is 0.492 e. The Morgan fingerprint density at radius 1 is 1.50 bits per heavy atom. The van der Waals surface area contributed by atoms with E-state index in [1.165, 1.54) is 6.92 Å². The molecule has 0 unspecified atom stereocenters. The molecule has 0 atom stereocenters. The van der Waals surface area contributed by atoms with Crippen LogP contribution in [-0.2, 0) is 4.79 Å². The van der Waals surface area contributed by atoms with Gasteiger partial charge in [-0.25, -0.2) is 0 Å². The summed E-state index contributed by atoms with van der Waals surface area (Å²) in [5.41, 5.74) is 0.213. The van der Waals surface area contributed by atoms with Crippen molar-refractivity contribution in [3.63, 3.8) is 0 Å². The van der Waals surface area contributed by atoms with Crippen molar-refractivity contribution in [2.24, 2.45) is 10.2 Å². The normalized spacial score (nSPS) is 18.4. The van der Waals surface area contributed by atoms with Gasteiger partial charge in [0.2, 0.25) is 5.88 Å². The van der Waals surface area contributed by atoms with E-state index in [-0.39, 0.29) is 11.5 Å². The minimum Gasteiger partial charge on any atom is -0.492 e. The molecule has 0 saturated heterocycles. The quantitative estimate of drug-likeness (QED) is 0.503. The lowest BCUT2D eigenvalue weighted by Crippen LogP contribution is -1.89. The van der Waals surface area contributed by atoms with Crippen molar-refractivity contribution in [1.29, 1.82) is 0 Å². The molecular formula is C4H4N2O2. The van der Waals surface area contributed by atoms with Crippen molar-refractivity contribution in [3.05, 3.63) is 11.5 Å². The minimum atomic E-state index is -0.456. The Morgan fingerprint density at radius 2 is 2.12 bits per heavy atom. The Balaban J connectivity index is 3.02. The van der Waals surface area contributed by atoms with Gasteiger partial charge in [-0.15, -0.1) is 10.2 Å². The first-order chi connectivity index (χ1) is 3.72. The summed E-state index contributed by atoms with van der Waals surface area (Å²) in [5.74, 6) is -0.725. The van der Waals surface area contributed by atoms with Gasteiger partial charge in [-0.3, -0.25) is 4.79 Å². The van der Waals surface area contributed by atoms with Crippen molar-refractivity contribution < 1.29 is 9.90 Å². The molecule has 0 fully saturated rings. The SMILES string of the molecule is CC1=C(O)N=NC1=O. The number of carbonyl (C=O) groups is 1. The lowest BCUT2D eigenvalue weighted by atomic mass is 10.3. The molecule has 0 spiro atoms. The van der Waals surface area contributed by atoms with Crippen molar-refractivity contribution in [3.8, 4) is 0 Å². The fraction of sp³-hybridized carbons (Fsp3) is 0.250. The van der Waals surface area contributed by atoms with Gasteiger partial charge in [0.15, 0.2) is 0 Å². The van der Waals surface area contributed by atoms with Crippen LogP contribution in [0.1, 0.15) is 6.92 Å². The Morgan fingerprint density at radius 3 is 2.25 bits per heavy atom. The molecule has 1 amide bonds. The Bertz CT molecular complexity index is 188. The standard InChI is InChI=1S/C4H4N2O2/c1-2-3(7)5-6-4(2)8/h7H,1H3. The molecule has 0 aromatic rings. The number of azo groups is 1. The highest BCUT2D eigenvalue weighted by atomic mass is 16.3. The molecule has 1 aliphatic rings. The molecule has 1 heterocycles. The van der Waals surface area contributed by atoms with Crippen LogP contribution in [0.2, 0.25) is 0 Å². The summed E-state index contributed by atoms with van der Waals surface area (Å²) >= 11 is 0. The predicted octanol–water partition coefficient (Wildman–Crippen LogP) is 0.768. The van der Waals surface area contributed by atoms with E-state index < -0.39 is 5.91 Å². The Hall–Kier alpha value is -1.19. The van der Waals surface area contributed by atoms with Crippen LogP contribution in [-0.4, -0.2) is 11.0 Å². The number of rotatable bonds is 0. The fourth-order valence-corrected chi connectivity index (χ4v) is 0.338. The number of hydrogen-bond donors (Lipinski definition) is 1. The maximum atomic E-state index is 10.3. The van der Waals surface area contributed by atoms with Gasteiger partial charge in [-0.05, 0) is 6.92 Å². The van der Waals surface area contributed by atoms with E-state index in [0.29, 0.717) is 0 Å². The Labute approximate surface area is 45.5 Å². The predicted molar refractivity (Wildman–Crippen MR) is 25.2 cm³/mol. The number of aliphatic hydroxyl groups is 1. The highest BCUT2D eigenvalue weighted by Gasteiger charge is 2.14. The molecule has 4 nitrogen and oxygen atoms in total. The van der Waals surface area contributed by atoms with Gasteiger partial charge in [-0.2, -0.15) is 0 Å². The smallest absolute Gasteiger partial charge is 0.296 e. The summed E-state index contributed by atoms with van der Waals surface area (Å²) in [4.78, 5) is 10.3. The highest BCUT2D eigenvalue weighted by Crippen LogP contribution is 2.11. The zero-order valence-electron chi connectivity index (χ0n) is 4.25.